The van der Waals surface area contributed by atoms with Gasteiger partial charge in [0.15, 0.2) is 0 Å². The molecule has 1 saturated heterocycles. The predicted molar refractivity (Wildman–Crippen MR) is 99.9 cm³/mol. The van der Waals surface area contributed by atoms with Crippen molar-refractivity contribution < 1.29 is 4.74 Å². The molecule has 0 radical (unpaired) electrons. The summed E-state index contributed by atoms with van der Waals surface area (Å²) in [6, 6.07) is 9.34. The molecule has 0 bridgehead atoms. The zero-order valence-electron chi connectivity index (χ0n) is 14.7. The average molecular weight is 325 g/mol. The van der Waals surface area contributed by atoms with Gasteiger partial charge in [0, 0.05) is 42.7 Å². The van der Waals surface area contributed by atoms with E-state index < -0.39 is 0 Å². The average Bonchev–Trinajstić information content (AvgIpc) is 3.30. The summed E-state index contributed by atoms with van der Waals surface area (Å²) in [6.07, 6.45) is 5.19. The Morgan fingerprint density at radius 1 is 1.25 bits per heavy atom. The quantitative estimate of drug-likeness (QED) is 0.872. The summed E-state index contributed by atoms with van der Waals surface area (Å²) < 4.78 is 5.43. The van der Waals surface area contributed by atoms with Gasteiger partial charge in [-0.1, -0.05) is 0 Å². The number of aromatic nitrogens is 1. The molecular weight excluding hydrogens is 298 g/mol. The molecule has 0 spiro atoms. The summed E-state index contributed by atoms with van der Waals surface area (Å²) in [6.45, 7) is 5.08. The van der Waals surface area contributed by atoms with Crippen LogP contribution in [0.3, 0.4) is 0 Å². The van der Waals surface area contributed by atoms with Crippen LogP contribution in [0, 0.1) is 12.8 Å². The molecular formula is C20H27N3O. The highest BCUT2D eigenvalue weighted by Crippen LogP contribution is 2.34. The minimum absolute atomic E-state index is 0.479. The van der Waals surface area contributed by atoms with Gasteiger partial charge in [-0.15, -0.1) is 0 Å². The maximum absolute atomic E-state index is 5.43. The molecule has 2 aliphatic rings. The van der Waals surface area contributed by atoms with Crippen molar-refractivity contribution in [1.82, 2.24) is 4.98 Å². The largest absolute Gasteiger partial charge is 0.385 e. The molecule has 1 N–H and O–H groups in total. The molecule has 4 nitrogen and oxygen atoms in total. The molecule has 128 valence electrons. The van der Waals surface area contributed by atoms with Crippen molar-refractivity contribution >= 4 is 22.3 Å². The van der Waals surface area contributed by atoms with Crippen LogP contribution >= 0.6 is 0 Å². The maximum Gasteiger partial charge on any atom is 0.0746 e. The molecule has 1 unspecified atom stereocenters. The smallest absolute Gasteiger partial charge is 0.0746 e. The molecule has 2 fully saturated rings. The van der Waals surface area contributed by atoms with Gasteiger partial charge in [0.25, 0.3) is 0 Å². The van der Waals surface area contributed by atoms with Crippen molar-refractivity contribution in [2.45, 2.75) is 38.6 Å². The molecule has 1 aliphatic carbocycles. The lowest BCUT2D eigenvalue weighted by Gasteiger charge is -2.28. The van der Waals surface area contributed by atoms with Crippen LogP contribution in [-0.2, 0) is 4.74 Å². The van der Waals surface area contributed by atoms with Crippen molar-refractivity contribution in [3.63, 3.8) is 0 Å². The fraction of sp³-hybridized carbons (Fsp3) is 0.550. The molecule has 0 amide bonds. The van der Waals surface area contributed by atoms with E-state index in [9.17, 15) is 0 Å². The van der Waals surface area contributed by atoms with Gasteiger partial charge in [-0.25, -0.2) is 0 Å². The minimum atomic E-state index is 0.479. The van der Waals surface area contributed by atoms with Crippen molar-refractivity contribution in [3.05, 3.63) is 30.0 Å². The lowest BCUT2D eigenvalue weighted by molar-refractivity contribution is 0.181. The lowest BCUT2D eigenvalue weighted by Crippen LogP contribution is -2.33. The molecule has 1 aliphatic heterocycles. The number of pyridine rings is 1. The molecule has 4 rings (SSSR count). The van der Waals surface area contributed by atoms with Crippen LogP contribution in [0.25, 0.3) is 10.9 Å². The van der Waals surface area contributed by atoms with E-state index in [1.54, 1.807) is 7.11 Å². The second-order valence-corrected chi connectivity index (χ2v) is 7.28. The predicted octanol–water partition coefficient (Wildman–Crippen LogP) is 3.98. The number of benzene rings is 1. The Balaban J connectivity index is 1.66. The van der Waals surface area contributed by atoms with Crippen molar-refractivity contribution in [2.24, 2.45) is 5.92 Å². The van der Waals surface area contributed by atoms with Crippen molar-refractivity contribution in [1.29, 1.82) is 0 Å². The van der Waals surface area contributed by atoms with Crippen molar-refractivity contribution in [3.8, 4) is 0 Å². The highest BCUT2D eigenvalue weighted by atomic mass is 16.5. The Labute approximate surface area is 144 Å². The van der Waals surface area contributed by atoms with Crippen LogP contribution in [0.2, 0.25) is 0 Å². The van der Waals surface area contributed by atoms with Crippen LogP contribution in [0.1, 0.15) is 31.4 Å². The standard InChI is InChI=1S/C20H27N3O/c1-14-10-20(23-9-3-4-17(23)13-24-2)18-8-7-16(11-19(18)22-14)21-12-15-5-6-15/h7-8,10-11,15,17,21H,3-6,9,12-13H2,1-2H3. The van der Waals surface area contributed by atoms with Gasteiger partial charge in [-0.2, -0.15) is 0 Å². The summed E-state index contributed by atoms with van der Waals surface area (Å²) in [7, 11) is 1.80. The van der Waals surface area contributed by atoms with Gasteiger partial charge in [-0.3, -0.25) is 4.98 Å². The van der Waals surface area contributed by atoms with Gasteiger partial charge >= 0.3 is 0 Å². The monoisotopic (exact) mass is 325 g/mol. The number of hydrogen-bond acceptors (Lipinski definition) is 4. The van der Waals surface area contributed by atoms with Crippen LogP contribution in [0.5, 0.6) is 0 Å². The van der Waals surface area contributed by atoms with Gasteiger partial charge in [0.05, 0.1) is 18.2 Å². The number of fused-ring (bicyclic) bond motifs is 1. The Bertz CT molecular complexity index is 726. The molecule has 24 heavy (non-hydrogen) atoms. The van der Waals surface area contributed by atoms with Crippen LogP contribution in [0.4, 0.5) is 11.4 Å². The zero-order chi connectivity index (χ0) is 16.5. The number of nitrogens with zero attached hydrogens (tertiary/aromatic N) is 2. The molecule has 1 aromatic heterocycles. The Morgan fingerprint density at radius 2 is 2.12 bits per heavy atom. The molecule has 4 heteroatoms. The summed E-state index contributed by atoms with van der Waals surface area (Å²) in [4.78, 5) is 7.30. The van der Waals surface area contributed by atoms with E-state index in [1.807, 2.05) is 0 Å². The van der Waals surface area contributed by atoms with Crippen LogP contribution in [-0.4, -0.2) is 37.8 Å². The van der Waals surface area contributed by atoms with Gasteiger partial charge in [-0.05, 0) is 62.8 Å². The molecule has 1 saturated carbocycles. The Morgan fingerprint density at radius 3 is 2.92 bits per heavy atom. The van der Waals surface area contributed by atoms with E-state index in [2.05, 4.69) is 41.4 Å². The number of rotatable bonds is 6. The summed E-state index contributed by atoms with van der Waals surface area (Å²) >= 11 is 0. The number of anilines is 2. The van der Waals surface area contributed by atoms with E-state index in [0.717, 1.165) is 36.8 Å². The van der Waals surface area contributed by atoms with E-state index in [-0.39, 0.29) is 0 Å². The summed E-state index contributed by atoms with van der Waals surface area (Å²) in [5.41, 5.74) is 4.67. The number of ether oxygens (including phenoxy) is 1. The molecule has 2 heterocycles. The summed E-state index contributed by atoms with van der Waals surface area (Å²) in [5, 5.41) is 4.81. The first kappa shape index (κ1) is 15.7. The molecule has 1 aromatic carbocycles. The first-order valence-corrected chi connectivity index (χ1v) is 9.15. The topological polar surface area (TPSA) is 37.4 Å². The van der Waals surface area contributed by atoms with Crippen LogP contribution in [0.15, 0.2) is 24.3 Å². The lowest BCUT2D eigenvalue weighted by atomic mass is 10.1. The normalized spacial score (nSPS) is 20.8. The van der Waals surface area contributed by atoms with E-state index >= 15 is 0 Å². The van der Waals surface area contributed by atoms with Gasteiger partial charge in [0.1, 0.15) is 0 Å². The fourth-order valence-electron chi connectivity index (χ4n) is 3.79. The second kappa shape index (κ2) is 6.60. The highest BCUT2D eigenvalue weighted by Gasteiger charge is 2.26. The van der Waals surface area contributed by atoms with Crippen molar-refractivity contribution in [2.75, 3.05) is 37.0 Å². The van der Waals surface area contributed by atoms with Gasteiger partial charge in [0.2, 0.25) is 0 Å². The van der Waals surface area contributed by atoms with Crippen LogP contribution < -0.4 is 10.2 Å². The first-order valence-electron chi connectivity index (χ1n) is 9.15. The number of nitrogens with one attached hydrogen (secondary N) is 1. The third-order valence-electron chi connectivity index (χ3n) is 5.25. The second-order valence-electron chi connectivity index (χ2n) is 7.28. The third kappa shape index (κ3) is 3.20. The number of aryl methyl sites for hydroxylation is 1. The maximum atomic E-state index is 5.43. The SMILES string of the molecule is COCC1CCCN1c1cc(C)nc2cc(NCC3CC3)ccc12. The fourth-order valence-corrected chi connectivity index (χ4v) is 3.79. The zero-order valence-corrected chi connectivity index (χ0v) is 14.7. The number of hydrogen-bond donors (Lipinski definition) is 1. The Kier molecular flexibility index (Phi) is 4.31. The van der Waals surface area contributed by atoms with E-state index in [4.69, 9.17) is 9.72 Å². The Hall–Kier alpha value is -1.81. The number of methoxy groups -OCH3 is 1. The summed E-state index contributed by atoms with van der Waals surface area (Å²) in [5.74, 6) is 0.876. The van der Waals surface area contributed by atoms with Gasteiger partial charge < -0.3 is 15.0 Å². The minimum Gasteiger partial charge on any atom is -0.385 e. The highest BCUT2D eigenvalue weighted by molar-refractivity contribution is 5.94. The van der Waals surface area contributed by atoms with E-state index in [1.165, 1.54) is 42.4 Å². The molecule has 2 aromatic rings. The third-order valence-corrected chi connectivity index (χ3v) is 5.25. The first-order chi connectivity index (χ1) is 11.7. The molecule has 1 atom stereocenters. The van der Waals surface area contributed by atoms with E-state index in [0.29, 0.717) is 6.04 Å².